The second kappa shape index (κ2) is 8.37. The van der Waals surface area contributed by atoms with Crippen LogP contribution in [0.4, 0.5) is 0 Å². The molecule has 3 unspecified atom stereocenters. The van der Waals surface area contributed by atoms with Crippen LogP contribution in [0.2, 0.25) is 0 Å². The quantitative estimate of drug-likeness (QED) is 0.761. The Labute approximate surface area is 121 Å². The van der Waals surface area contributed by atoms with Gasteiger partial charge in [0.15, 0.2) is 0 Å². The summed E-state index contributed by atoms with van der Waals surface area (Å²) in [5.74, 6) is 0. The summed E-state index contributed by atoms with van der Waals surface area (Å²) in [6.07, 6.45) is 3.18. The predicted octanol–water partition coefficient (Wildman–Crippen LogP) is 1.72. The van der Waals surface area contributed by atoms with Gasteiger partial charge in [0.05, 0.1) is 25.4 Å². The first-order valence-electron chi connectivity index (χ1n) is 7.34. The lowest BCUT2D eigenvalue weighted by Crippen LogP contribution is -2.36. The van der Waals surface area contributed by atoms with Gasteiger partial charge in [-0.2, -0.15) is 0 Å². The summed E-state index contributed by atoms with van der Waals surface area (Å²) in [5.41, 5.74) is 1.13. The van der Waals surface area contributed by atoms with Crippen LogP contribution in [0.25, 0.3) is 0 Å². The van der Waals surface area contributed by atoms with Crippen molar-refractivity contribution in [2.45, 2.75) is 44.1 Å². The van der Waals surface area contributed by atoms with Crippen LogP contribution < -0.4 is 5.32 Å². The van der Waals surface area contributed by atoms with Crippen molar-refractivity contribution in [3.63, 3.8) is 0 Å². The Bertz CT molecular complexity index is 371. The molecule has 4 nitrogen and oxygen atoms in total. The van der Waals surface area contributed by atoms with E-state index in [1.807, 2.05) is 30.3 Å². The normalized spacial score (nSPS) is 23.9. The fraction of sp³-hybridized carbons (Fsp3) is 0.625. The van der Waals surface area contributed by atoms with Gasteiger partial charge in [0.2, 0.25) is 0 Å². The molecule has 0 heterocycles. The molecule has 0 spiro atoms. The monoisotopic (exact) mass is 279 g/mol. The van der Waals surface area contributed by atoms with Crippen LogP contribution in [-0.4, -0.2) is 43.6 Å². The molecule has 0 saturated heterocycles. The van der Waals surface area contributed by atoms with Crippen molar-refractivity contribution >= 4 is 0 Å². The van der Waals surface area contributed by atoms with Gasteiger partial charge in [-0.3, -0.25) is 0 Å². The number of ether oxygens (including phenoxy) is 2. The molecule has 3 atom stereocenters. The summed E-state index contributed by atoms with van der Waals surface area (Å²) in [6.45, 7) is 1.49. The fourth-order valence-electron chi connectivity index (χ4n) is 2.59. The van der Waals surface area contributed by atoms with Crippen molar-refractivity contribution in [3.05, 3.63) is 35.9 Å². The number of nitrogens with one attached hydrogen (secondary N) is 1. The van der Waals surface area contributed by atoms with Crippen molar-refractivity contribution in [3.8, 4) is 0 Å². The summed E-state index contributed by atoms with van der Waals surface area (Å²) < 4.78 is 10.9. The van der Waals surface area contributed by atoms with Gasteiger partial charge < -0.3 is 19.9 Å². The predicted molar refractivity (Wildman–Crippen MR) is 78.5 cm³/mol. The molecule has 1 aliphatic carbocycles. The highest BCUT2D eigenvalue weighted by molar-refractivity contribution is 5.13. The third-order valence-electron chi connectivity index (χ3n) is 3.78. The number of hydrogen-bond donors (Lipinski definition) is 2. The molecule has 1 fully saturated rings. The topological polar surface area (TPSA) is 50.7 Å². The molecule has 1 saturated carbocycles. The van der Waals surface area contributed by atoms with E-state index in [0.29, 0.717) is 31.9 Å². The molecule has 0 aliphatic heterocycles. The maximum Gasteiger partial charge on any atom is 0.0897 e. The van der Waals surface area contributed by atoms with Crippen LogP contribution >= 0.6 is 0 Å². The molecule has 112 valence electrons. The maximum atomic E-state index is 9.89. The first-order valence-corrected chi connectivity index (χ1v) is 7.34. The van der Waals surface area contributed by atoms with Gasteiger partial charge in [0, 0.05) is 19.7 Å². The molecular formula is C16H25NO3. The number of hydrogen-bond acceptors (Lipinski definition) is 4. The number of rotatable bonds is 8. The SMILES string of the molecule is COC1CCC(NCC(O)COCc2ccccc2)C1. The van der Waals surface area contributed by atoms with E-state index in [-0.39, 0.29) is 0 Å². The summed E-state index contributed by atoms with van der Waals surface area (Å²) in [4.78, 5) is 0. The first-order chi connectivity index (χ1) is 9.78. The Hall–Kier alpha value is -0.940. The van der Waals surface area contributed by atoms with Gasteiger partial charge in [-0.05, 0) is 24.8 Å². The zero-order valence-corrected chi connectivity index (χ0v) is 12.1. The lowest BCUT2D eigenvalue weighted by molar-refractivity contribution is 0.0273. The Kier molecular flexibility index (Phi) is 6.47. The van der Waals surface area contributed by atoms with E-state index in [0.717, 1.165) is 24.8 Å². The second-order valence-electron chi connectivity index (χ2n) is 5.43. The van der Waals surface area contributed by atoms with Crippen LogP contribution in [0.1, 0.15) is 24.8 Å². The highest BCUT2D eigenvalue weighted by Gasteiger charge is 2.24. The Balaban J connectivity index is 1.55. The van der Waals surface area contributed by atoms with Crippen LogP contribution in [0, 0.1) is 0 Å². The van der Waals surface area contributed by atoms with E-state index in [4.69, 9.17) is 9.47 Å². The van der Waals surface area contributed by atoms with Crippen molar-refractivity contribution in [1.82, 2.24) is 5.32 Å². The molecule has 2 rings (SSSR count). The summed E-state index contributed by atoms with van der Waals surface area (Å²) in [7, 11) is 1.76. The smallest absolute Gasteiger partial charge is 0.0897 e. The van der Waals surface area contributed by atoms with E-state index in [2.05, 4.69) is 5.32 Å². The largest absolute Gasteiger partial charge is 0.389 e. The van der Waals surface area contributed by atoms with Gasteiger partial charge in [-0.25, -0.2) is 0 Å². The minimum absolute atomic E-state index is 0.363. The summed E-state index contributed by atoms with van der Waals surface area (Å²) >= 11 is 0. The van der Waals surface area contributed by atoms with Gasteiger partial charge in [0.25, 0.3) is 0 Å². The van der Waals surface area contributed by atoms with E-state index in [1.54, 1.807) is 7.11 Å². The lowest BCUT2D eigenvalue weighted by Gasteiger charge is -2.16. The molecule has 0 amide bonds. The van der Waals surface area contributed by atoms with E-state index in [9.17, 15) is 5.11 Å². The molecule has 20 heavy (non-hydrogen) atoms. The third-order valence-corrected chi connectivity index (χ3v) is 3.78. The van der Waals surface area contributed by atoms with Gasteiger partial charge in [-0.15, -0.1) is 0 Å². The Morgan fingerprint density at radius 1 is 1.30 bits per heavy atom. The van der Waals surface area contributed by atoms with Crippen molar-refractivity contribution in [2.24, 2.45) is 0 Å². The van der Waals surface area contributed by atoms with Gasteiger partial charge in [-0.1, -0.05) is 30.3 Å². The molecule has 0 bridgehead atoms. The molecule has 1 aliphatic rings. The average molecular weight is 279 g/mol. The molecular weight excluding hydrogens is 254 g/mol. The Morgan fingerprint density at radius 2 is 2.10 bits per heavy atom. The van der Waals surface area contributed by atoms with Crippen molar-refractivity contribution < 1.29 is 14.6 Å². The lowest BCUT2D eigenvalue weighted by atomic mass is 10.2. The summed E-state index contributed by atoms with van der Waals surface area (Å²) in [5, 5.41) is 13.3. The molecule has 1 aromatic rings. The molecule has 0 aromatic heterocycles. The third kappa shape index (κ3) is 5.21. The van der Waals surface area contributed by atoms with Crippen LogP contribution in [0.5, 0.6) is 0 Å². The number of methoxy groups -OCH3 is 1. The van der Waals surface area contributed by atoms with Crippen molar-refractivity contribution in [2.75, 3.05) is 20.3 Å². The standard InChI is InChI=1S/C16H25NO3/c1-19-16-8-7-14(9-16)17-10-15(18)12-20-11-13-5-3-2-4-6-13/h2-6,14-18H,7-12H2,1H3. The maximum absolute atomic E-state index is 9.89. The van der Waals surface area contributed by atoms with Crippen LogP contribution in [0.15, 0.2) is 30.3 Å². The first kappa shape index (κ1) is 15.4. The van der Waals surface area contributed by atoms with Crippen LogP contribution in [-0.2, 0) is 16.1 Å². The van der Waals surface area contributed by atoms with Gasteiger partial charge in [0.1, 0.15) is 0 Å². The minimum Gasteiger partial charge on any atom is -0.389 e. The number of aliphatic hydroxyl groups is 1. The zero-order chi connectivity index (χ0) is 14.2. The fourth-order valence-corrected chi connectivity index (χ4v) is 2.59. The minimum atomic E-state index is -0.458. The van der Waals surface area contributed by atoms with Crippen molar-refractivity contribution in [1.29, 1.82) is 0 Å². The Morgan fingerprint density at radius 3 is 2.80 bits per heavy atom. The van der Waals surface area contributed by atoms with Crippen LogP contribution in [0.3, 0.4) is 0 Å². The molecule has 2 N–H and O–H groups in total. The van der Waals surface area contributed by atoms with E-state index >= 15 is 0 Å². The van der Waals surface area contributed by atoms with E-state index < -0.39 is 6.10 Å². The highest BCUT2D eigenvalue weighted by atomic mass is 16.5. The van der Waals surface area contributed by atoms with Gasteiger partial charge >= 0.3 is 0 Å². The zero-order valence-electron chi connectivity index (χ0n) is 12.1. The number of aliphatic hydroxyl groups excluding tert-OH is 1. The molecule has 4 heteroatoms. The summed E-state index contributed by atoms with van der Waals surface area (Å²) in [6, 6.07) is 10.5. The average Bonchev–Trinajstić information content (AvgIpc) is 2.94. The van der Waals surface area contributed by atoms with E-state index in [1.165, 1.54) is 0 Å². The molecule has 1 aromatic carbocycles. The molecule has 0 radical (unpaired) electrons. The highest BCUT2D eigenvalue weighted by Crippen LogP contribution is 2.21. The number of benzene rings is 1. The second-order valence-corrected chi connectivity index (χ2v) is 5.43.